The molecule has 0 radical (unpaired) electrons. The maximum Gasteiger partial charge on any atom is 0.183 e. The Hall–Kier alpha value is 0.200. The van der Waals surface area contributed by atoms with Gasteiger partial charge in [-0.2, -0.15) is 0 Å². The van der Waals surface area contributed by atoms with Crippen molar-refractivity contribution in [3.8, 4) is 0 Å². The number of hydrogen-bond donors (Lipinski definition) is 1. The SMILES string of the molecule is CCCNCC1CC1c1cc(Br)c(Br)o1. The van der Waals surface area contributed by atoms with Crippen LogP contribution >= 0.6 is 31.9 Å². The van der Waals surface area contributed by atoms with E-state index in [1.165, 1.54) is 12.8 Å². The second kappa shape index (κ2) is 5.02. The van der Waals surface area contributed by atoms with E-state index in [0.29, 0.717) is 5.92 Å². The van der Waals surface area contributed by atoms with Gasteiger partial charge in [-0.3, -0.25) is 0 Å². The van der Waals surface area contributed by atoms with Crippen molar-refractivity contribution in [3.63, 3.8) is 0 Å². The van der Waals surface area contributed by atoms with Crippen molar-refractivity contribution in [2.45, 2.75) is 25.7 Å². The largest absolute Gasteiger partial charge is 0.453 e. The smallest absolute Gasteiger partial charge is 0.183 e. The van der Waals surface area contributed by atoms with Crippen LogP contribution in [0.15, 0.2) is 19.6 Å². The van der Waals surface area contributed by atoms with Gasteiger partial charge in [0.2, 0.25) is 0 Å². The van der Waals surface area contributed by atoms with Crippen molar-refractivity contribution in [1.29, 1.82) is 0 Å². The second-order valence-corrected chi connectivity index (χ2v) is 5.65. The summed E-state index contributed by atoms with van der Waals surface area (Å²) in [4.78, 5) is 0. The van der Waals surface area contributed by atoms with E-state index in [1.807, 2.05) is 0 Å². The summed E-state index contributed by atoms with van der Waals surface area (Å²) < 4.78 is 7.44. The molecule has 15 heavy (non-hydrogen) atoms. The Morgan fingerprint density at radius 1 is 1.53 bits per heavy atom. The molecule has 1 heterocycles. The van der Waals surface area contributed by atoms with Crippen molar-refractivity contribution in [2.24, 2.45) is 5.92 Å². The topological polar surface area (TPSA) is 25.2 Å². The third kappa shape index (κ3) is 2.86. The highest BCUT2D eigenvalue weighted by Gasteiger charge is 2.40. The van der Waals surface area contributed by atoms with Crippen LogP contribution in [0.2, 0.25) is 0 Å². The minimum Gasteiger partial charge on any atom is -0.453 e. The molecular formula is C11H15Br2NO. The third-order valence-electron chi connectivity index (χ3n) is 2.79. The number of furan rings is 1. The lowest BCUT2D eigenvalue weighted by molar-refractivity contribution is 0.477. The van der Waals surface area contributed by atoms with Gasteiger partial charge in [0.05, 0.1) is 4.47 Å². The molecule has 1 aliphatic rings. The Morgan fingerprint density at radius 3 is 2.93 bits per heavy atom. The Bertz CT molecular complexity index is 318. The zero-order valence-corrected chi connectivity index (χ0v) is 11.9. The van der Waals surface area contributed by atoms with Crippen LogP contribution in [0.1, 0.15) is 31.4 Å². The van der Waals surface area contributed by atoms with Gasteiger partial charge in [-0.15, -0.1) is 0 Å². The quantitative estimate of drug-likeness (QED) is 0.825. The van der Waals surface area contributed by atoms with Gasteiger partial charge >= 0.3 is 0 Å². The fourth-order valence-corrected chi connectivity index (χ4v) is 2.44. The molecule has 2 nitrogen and oxygen atoms in total. The van der Waals surface area contributed by atoms with Crippen LogP contribution in [0.3, 0.4) is 0 Å². The van der Waals surface area contributed by atoms with Crippen LogP contribution in [0, 0.1) is 5.92 Å². The van der Waals surface area contributed by atoms with Crippen molar-refractivity contribution < 1.29 is 4.42 Å². The standard InChI is InChI=1S/C11H15Br2NO/c1-2-3-14-6-7-4-8(7)10-5-9(12)11(13)15-10/h5,7-8,14H,2-4,6H2,1H3. The highest BCUT2D eigenvalue weighted by molar-refractivity contribution is 9.13. The monoisotopic (exact) mass is 335 g/mol. The lowest BCUT2D eigenvalue weighted by Crippen LogP contribution is -2.17. The lowest BCUT2D eigenvalue weighted by atomic mass is 10.2. The first kappa shape index (κ1) is 11.7. The van der Waals surface area contributed by atoms with Crippen molar-refractivity contribution in [2.75, 3.05) is 13.1 Å². The van der Waals surface area contributed by atoms with Crippen molar-refractivity contribution >= 4 is 31.9 Å². The lowest BCUT2D eigenvalue weighted by Gasteiger charge is -2.00. The molecule has 1 aromatic rings. The summed E-state index contributed by atoms with van der Waals surface area (Å²) in [5.74, 6) is 2.50. The first-order chi connectivity index (χ1) is 7.22. The van der Waals surface area contributed by atoms with Gasteiger partial charge in [0, 0.05) is 5.92 Å². The fraction of sp³-hybridized carbons (Fsp3) is 0.636. The van der Waals surface area contributed by atoms with Gasteiger partial charge in [-0.25, -0.2) is 0 Å². The Labute approximate surface area is 107 Å². The van der Waals surface area contributed by atoms with Gasteiger partial charge in [-0.05, 0) is 69.8 Å². The zero-order valence-electron chi connectivity index (χ0n) is 8.72. The molecule has 0 saturated heterocycles. The normalized spacial score (nSPS) is 24.5. The minimum absolute atomic E-state index is 0.622. The number of hydrogen-bond acceptors (Lipinski definition) is 2. The van der Waals surface area contributed by atoms with Gasteiger partial charge in [0.1, 0.15) is 5.76 Å². The molecule has 84 valence electrons. The summed E-state index contributed by atoms with van der Waals surface area (Å²) in [5.41, 5.74) is 0. The zero-order chi connectivity index (χ0) is 10.8. The molecular weight excluding hydrogens is 322 g/mol. The highest BCUT2D eigenvalue weighted by atomic mass is 79.9. The molecule has 1 aromatic heterocycles. The highest BCUT2D eigenvalue weighted by Crippen LogP contribution is 2.49. The predicted octanol–water partition coefficient (Wildman–Crippen LogP) is 3.91. The summed E-state index contributed by atoms with van der Waals surface area (Å²) in [6.45, 7) is 4.43. The minimum atomic E-state index is 0.622. The average molecular weight is 337 g/mol. The average Bonchev–Trinajstić information content (AvgIpc) is 2.89. The van der Waals surface area contributed by atoms with Gasteiger partial charge in [0.25, 0.3) is 0 Å². The van der Waals surface area contributed by atoms with E-state index in [9.17, 15) is 0 Å². The molecule has 1 aliphatic carbocycles. The van der Waals surface area contributed by atoms with Gasteiger partial charge < -0.3 is 9.73 Å². The van der Waals surface area contributed by atoms with Crippen LogP contribution < -0.4 is 5.32 Å². The van der Waals surface area contributed by atoms with Gasteiger partial charge in [0.15, 0.2) is 4.67 Å². The van der Waals surface area contributed by atoms with E-state index in [1.54, 1.807) is 0 Å². The van der Waals surface area contributed by atoms with Crippen LogP contribution in [0.4, 0.5) is 0 Å². The van der Waals surface area contributed by atoms with E-state index >= 15 is 0 Å². The summed E-state index contributed by atoms with van der Waals surface area (Å²) in [7, 11) is 0. The predicted molar refractivity (Wildman–Crippen MR) is 68.1 cm³/mol. The molecule has 1 fully saturated rings. The van der Waals surface area contributed by atoms with E-state index in [-0.39, 0.29) is 0 Å². The molecule has 2 unspecified atom stereocenters. The van der Waals surface area contributed by atoms with Crippen LogP contribution in [-0.4, -0.2) is 13.1 Å². The fourth-order valence-electron chi connectivity index (χ4n) is 1.83. The van der Waals surface area contributed by atoms with E-state index < -0.39 is 0 Å². The molecule has 0 aromatic carbocycles. The molecule has 4 heteroatoms. The molecule has 1 saturated carbocycles. The van der Waals surface area contributed by atoms with E-state index in [2.05, 4.69) is 50.2 Å². The molecule has 0 amide bonds. The Balaban J connectivity index is 1.83. The first-order valence-electron chi connectivity index (χ1n) is 5.37. The van der Waals surface area contributed by atoms with E-state index in [0.717, 1.165) is 33.9 Å². The van der Waals surface area contributed by atoms with Crippen molar-refractivity contribution in [1.82, 2.24) is 5.32 Å². The molecule has 1 N–H and O–H groups in total. The molecule has 2 atom stereocenters. The summed E-state index contributed by atoms with van der Waals surface area (Å²) in [6, 6.07) is 2.08. The van der Waals surface area contributed by atoms with Gasteiger partial charge in [-0.1, -0.05) is 6.92 Å². The first-order valence-corrected chi connectivity index (χ1v) is 6.96. The van der Waals surface area contributed by atoms with Crippen LogP contribution in [0.25, 0.3) is 0 Å². The Morgan fingerprint density at radius 2 is 2.33 bits per heavy atom. The molecule has 2 rings (SSSR count). The maximum absolute atomic E-state index is 5.62. The molecule has 0 aliphatic heterocycles. The Kier molecular flexibility index (Phi) is 3.91. The second-order valence-electron chi connectivity index (χ2n) is 4.08. The summed E-state index contributed by atoms with van der Waals surface area (Å²) in [6.07, 6.45) is 2.46. The third-order valence-corrected chi connectivity index (χ3v) is 4.50. The molecule has 0 spiro atoms. The van der Waals surface area contributed by atoms with E-state index in [4.69, 9.17) is 4.42 Å². The molecule has 0 bridgehead atoms. The number of halogens is 2. The summed E-state index contributed by atoms with van der Waals surface area (Å²) >= 11 is 6.81. The number of rotatable bonds is 5. The summed E-state index contributed by atoms with van der Waals surface area (Å²) in [5, 5.41) is 3.45. The van der Waals surface area contributed by atoms with Crippen molar-refractivity contribution in [3.05, 3.63) is 21.0 Å². The maximum atomic E-state index is 5.62. The number of nitrogens with one attached hydrogen (secondary N) is 1. The van der Waals surface area contributed by atoms with Crippen LogP contribution in [-0.2, 0) is 0 Å². The van der Waals surface area contributed by atoms with Crippen LogP contribution in [0.5, 0.6) is 0 Å².